The summed E-state index contributed by atoms with van der Waals surface area (Å²) in [5.74, 6) is 0. The molecule has 2 heterocycles. The molecule has 0 saturated carbocycles. The summed E-state index contributed by atoms with van der Waals surface area (Å²) in [5.41, 5.74) is 6.83. The second-order valence-electron chi connectivity index (χ2n) is 2.09. The average Bonchev–Trinajstić information content (AvgIpc) is 2.22. The van der Waals surface area contributed by atoms with Crippen LogP contribution in [0.4, 0.5) is 5.00 Å². The van der Waals surface area contributed by atoms with Crippen LogP contribution in [-0.2, 0) is 18.0 Å². The van der Waals surface area contributed by atoms with Gasteiger partial charge >= 0.3 is 0 Å². The van der Waals surface area contributed by atoms with E-state index in [4.69, 9.17) is 10.5 Å². The topological polar surface area (TPSA) is 35.2 Å². The zero-order valence-electron chi connectivity index (χ0n) is 4.89. The molecule has 9 heavy (non-hydrogen) atoms. The number of hydrogen-bond acceptors (Lipinski definition) is 3. The number of nitrogens with two attached hydrogens (primary N) is 1. The zero-order valence-corrected chi connectivity index (χ0v) is 5.70. The second kappa shape index (κ2) is 1.72. The van der Waals surface area contributed by atoms with Crippen molar-refractivity contribution in [1.82, 2.24) is 0 Å². The highest BCUT2D eigenvalue weighted by molar-refractivity contribution is 7.16. The van der Waals surface area contributed by atoms with Crippen LogP contribution < -0.4 is 5.73 Å². The molecule has 2 rings (SSSR count). The first kappa shape index (κ1) is 5.26. The first-order valence-corrected chi connectivity index (χ1v) is 3.63. The molecular weight excluding hydrogens is 134 g/mol. The fraction of sp³-hybridized carbons (Fsp3) is 0.333. The lowest BCUT2D eigenvalue weighted by molar-refractivity contribution is 0.135. The van der Waals surface area contributed by atoms with Gasteiger partial charge in [0, 0.05) is 4.88 Å². The monoisotopic (exact) mass is 141 g/mol. The predicted molar refractivity (Wildman–Crippen MR) is 37.2 cm³/mol. The van der Waals surface area contributed by atoms with Gasteiger partial charge < -0.3 is 10.5 Å². The number of thiophene rings is 1. The summed E-state index contributed by atoms with van der Waals surface area (Å²) in [7, 11) is 0. The number of rotatable bonds is 0. The van der Waals surface area contributed by atoms with E-state index in [0.717, 1.165) is 18.2 Å². The van der Waals surface area contributed by atoms with Crippen molar-refractivity contribution in [2.24, 2.45) is 0 Å². The van der Waals surface area contributed by atoms with Crippen molar-refractivity contribution in [3.63, 3.8) is 0 Å². The van der Waals surface area contributed by atoms with E-state index < -0.39 is 0 Å². The highest BCUT2D eigenvalue weighted by atomic mass is 32.1. The molecule has 0 amide bonds. The van der Waals surface area contributed by atoms with Gasteiger partial charge in [0.2, 0.25) is 0 Å². The first-order valence-electron chi connectivity index (χ1n) is 2.81. The number of ether oxygens (including phenoxy) is 1. The molecule has 1 aromatic rings. The van der Waals surface area contributed by atoms with E-state index in [1.165, 1.54) is 10.4 Å². The highest BCUT2D eigenvalue weighted by Gasteiger charge is 2.13. The number of nitrogen functional groups attached to an aromatic ring is 1. The third kappa shape index (κ3) is 0.730. The summed E-state index contributed by atoms with van der Waals surface area (Å²) >= 11 is 1.63. The van der Waals surface area contributed by atoms with Gasteiger partial charge in [-0.2, -0.15) is 0 Å². The molecule has 1 aromatic heterocycles. The maximum Gasteiger partial charge on any atom is 0.0863 e. The third-order valence-corrected chi connectivity index (χ3v) is 2.39. The normalized spacial score (nSPS) is 16.0. The van der Waals surface area contributed by atoms with Gasteiger partial charge in [-0.1, -0.05) is 0 Å². The van der Waals surface area contributed by atoms with Crippen molar-refractivity contribution in [2.75, 3.05) is 5.73 Å². The summed E-state index contributed by atoms with van der Waals surface area (Å²) in [4.78, 5) is 1.30. The van der Waals surface area contributed by atoms with Crippen molar-refractivity contribution in [2.45, 2.75) is 13.2 Å². The van der Waals surface area contributed by atoms with Crippen LogP contribution in [0.2, 0.25) is 0 Å². The molecule has 3 heteroatoms. The van der Waals surface area contributed by atoms with Crippen molar-refractivity contribution >= 4 is 16.3 Å². The molecule has 0 atom stereocenters. The Morgan fingerprint density at radius 2 is 2.44 bits per heavy atom. The largest absolute Gasteiger partial charge is 0.391 e. The van der Waals surface area contributed by atoms with Gasteiger partial charge in [0.1, 0.15) is 0 Å². The van der Waals surface area contributed by atoms with Gasteiger partial charge in [0.05, 0.1) is 18.2 Å². The Kier molecular flexibility index (Phi) is 1.00. The molecule has 48 valence electrons. The van der Waals surface area contributed by atoms with E-state index >= 15 is 0 Å². The molecule has 0 fully saturated rings. The first-order chi connectivity index (χ1) is 4.36. The molecule has 1 aliphatic rings. The number of anilines is 1. The molecule has 0 bridgehead atoms. The smallest absolute Gasteiger partial charge is 0.0863 e. The van der Waals surface area contributed by atoms with Gasteiger partial charge in [-0.15, -0.1) is 11.3 Å². The van der Waals surface area contributed by atoms with Crippen LogP contribution >= 0.6 is 11.3 Å². The molecule has 0 radical (unpaired) electrons. The Bertz CT molecular complexity index is 209. The van der Waals surface area contributed by atoms with Gasteiger partial charge in [0.25, 0.3) is 0 Å². The second-order valence-corrected chi connectivity index (χ2v) is 3.26. The Morgan fingerprint density at radius 3 is 3.22 bits per heavy atom. The van der Waals surface area contributed by atoms with Gasteiger partial charge in [-0.3, -0.25) is 0 Å². The maximum absolute atomic E-state index is 5.55. The van der Waals surface area contributed by atoms with Crippen LogP contribution in [0.25, 0.3) is 0 Å². The predicted octanol–water partition coefficient (Wildman–Crippen LogP) is 1.36. The van der Waals surface area contributed by atoms with Crippen LogP contribution in [-0.4, -0.2) is 0 Å². The average molecular weight is 141 g/mol. The van der Waals surface area contributed by atoms with E-state index in [1.807, 2.05) is 6.07 Å². The summed E-state index contributed by atoms with van der Waals surface area (Å²) in [6.45, 7) is 1.51. The summed E-state index contributed by atoms with van der Waals surface area (Å²) in [6.07, 6.45) is 0. The summed E-state index contributed by atoms with van der Waals surface area (Å²) in [5, 5.41) is 0.906. The van der Waals surface area contributed by atoms with E-state index in [9.17, 15) is 0 Å². The van der Waals surface area contributed by atoms with Crippen LogP contribution in [0.3, 0.4) is 0 Å². The van der Waals surface area contributed by atoms with E-state index in [2.05, 4.69) is 0 Å². The van der Waals surface area contributed by atoms with Crippen LogP contribution in [0.1, 0.15) is 10.4 Å². The van der Waals surface area contributed by atoms with Crippen LogP contribution in [0.15, 0.2) is 6.07 Å². The molecular formula is C6H7NOS. The van der Waals surface area contributed by atoms with Gasteiger partial charge in [-0.05, 0) is 11.6 Å². The minimum absolute atomic E-state index is 0.753. The summed E-state index contributed by atoms with van der Waals surface area (Å²) in [6, 6.07) is 1.99. The Morgan fingerprint density at radius 1 is 1.56 bits per heavy atom. The van der Waals surface area contributed by atoms with E-state index in [0.29, 0.717) is 0 Å². The third-order valence-electron chi connectivity index (χ3n) is 1.41. The SMILES string of the molecule is Nc1cc2c(s1)COC2. The minimum atomic E-state index is 0.753. The van der Waals surface area contributed by atoms with Gasteiger partial charge in [-0.25, -0.2) is 0 Å². The Balaban J connectivity index is 2.51. The molecule has 2 N–H and O–H groups in total. The minimum Gasteiger partial charge on any atom is -0.391 e. The fourth-order valence-corrected chi connectivity index (χ4v) is 1.86. The molecule has 0 aliphatic carbocycles. The van der Waals surface area contributed by atoms with Crippen molar-refractivity contribution < 1.29 is 4.74 Å². The lowest BCUT2D eigenvalue weighted by Crippen LogP contribution is -1.78. The number of fused-ring (bicyclic) bond motifs is 1. The molecule has 0 saturated heterocycles. The van der Waals surface area contributed by atoms with E-state index in [1.54, 1.807) is 11.3 Å². The Labute approximate surface area is 57.2 Å². The fourth-order valence-electron chi connectivity index (χ4n) is 0.987. The van der Waals surface area contributed by atoms with Gasteiger partial charge in [0.15, 0.2) is 0 Å². The van der Waals surface area contributed by atoms with Crippen molar-refractivity contribution in [3.05, 3.63) is 16.5 Å². The lowest BCUT2D eigenvalue weighted by atomic mass is 10.3. The summed E-state index contributed by atoms with van der Waals surface area (Å²) < 4.78 is 5.16. The quantitative estimate of drug-likeness (QED) is 0.592. The maximum atomic E-state index is 5.55. The van der Waals surface area contributed by atoms with Crippen LogP contribution in [0, 0.1) is 0 Å². The van der Waals surface area contributed by atoms with Crippen molar-refractivity contribution in [3.8, 4) is 0 Å². The standard InChI is InChI=1S/C6H7NOS/c7-6-1-4-2-8-3-5(4)9-6/h1H,2-3,7H2. The molecule has 0 unspecified atom stereocenters. The zero-order chi connectivity index (χ0) is 6.27. The number of hydrogen-bond donors (Lipinski definition) is 1. The molecule has 0 aromatic carbocycles. The Hall–Kier alpha value is -0.540. The van der Waals surface area contributed by atoms with E-state index in [-0.39, 0.29) is 0 Å². The molecule has 1 aliphatic heterocycles. The highest BCUT2D eigenvalue weighted by Crippen LogP contribution is 2.30. The van der Waals surface area contributed by atoms with Crippen LogP contribution in [0.5, 0.6) is 0 Å². The molecule has 0 spiro atoms. The molecule has 2 nitrogen and oxygen atoms in total. The van der Waals surface area contributed by atoms with Crippen molar-refractivity contribution in [1.29, 1.82) is 0 Å². The lowest BCUT2D eigenvalue weighted by Gasteiger charge is -1.85.